The van der Waals surface area contributed by atoms with E-state index in [0.717, 1.165) is 5.56 Å². The van der Waals surface area contributed by atoms with Crippen LogP contribution in [0.1, 0.15) is 38.7 Å². The molecule has 0 saturated heterocycles. The van der Waals surface area contributed by atoms with Gasteiger partial charge >= 0.3 is 0 Å². The molecule has 16 nitrogen and oxygen atoms in total. The standard InChI is InChI=1S/C26H43N9O7/c1-3-15(2)22(34-23(40)19(27)11-16-6-8-18(38)9-7-16)25(42)31-12-21(39)33-20(14-37)24(41)32-17(13-36)5-4-10-30-26(28)35-29/h6-9,13,15,17,19-20,22,37-38H,3-5,10-12,14,27,29H2,1-2H3,(H,31,42)(H,32,41)(H,33,39)(H,34,40)(H3,28,30,35)/t15-,17-,19-,20-,22-/m0/s1. The fraction of sp³-hybridized carbons (Fsp3) is 0.538. The Hall–Kier alpha value is -4.28. The van der Waals surface area contributed by atoms with Gasteiger partial charge in [-0.25, -0.2) is 5.84 Å². The highest BCUT2D eigenvalue weighted by Gasteiger charge is 2.29. The lowest BCUT2D eigenvalue weighted by molar-refractivity contribution is -0.133. The van der Waals surface area contributed by atoms with Crippen LogP contribution in [0.3, 0.4) is 0 Å². The number of aliphatic imine (C=N–C) groups is 1. The summed E-state index contributed by atoms with van der Waals surface area (Å²) >= 11 is 0. The molecule has 1 rings (SSSR count). The molecule has 0 saturated carbocycles. The SMILES string of the molecule is CC[C@H](C)[C@H](NC(=O)[C@@H](N)Cc1ccc(O)cc1)C(=O)NCC(=O)N[C@@H](CO)C(=O)N[C@H](C=O)CCCN=C(N)NN. The molecule has 0 unspecified atom stereocenters. The number of nitrogens with two attached hydrogens (primary N) is 3. The molecule has 0 radical (unpaired) electrons. The first-order chi connectivity index (χ1) is 19.9. The topological polar surface area (TPSA) is 276 Å². The highest BCUT2D eigenvalue weighted by atomic mass is 16.3. The van der Waals surface area contributed by atoms with E-state index in [9.17, 15) is 34.2 Å². The van der Waals surface area contributed by atoms with Gasteiger partial charge in [0, 0.05) is 6.54 Å². The summed E-state index contributed by atoms with van der Waals surface area (Å²) in [5.74, 6) is 2.11. The highest BCUT2D eigenvalue weighted by molar-refractivity contribution is 5.93. The molecule has 16 heteroatoms. The molecule has 0 aromatic heterocycles. The van der Waals surface area contributed by atoms with Gasteiger partial charge in [0.25, 0.3) is 0 Å². The van der Waals surface area contributed by atoms with Crippen molar-refractivity contribution >= 4 is 35.9 Å². The van der Waals surface area contributed by atoms with Crippen LogP contribution in [0.15, 0.2) is 29.3 Å². The van der Waals surface area contributed by atoms with E-state index in [1.165, 1.54) is 12.1 Å². The maximum absolute atomic E-state index is 12.9. The molecule has 42 heavy (non-hydrogen) atoms. The second-order valence-corrected chi connectivity index (χ2v) is 9.67. The van der Waals surface area contributed by atoms with Crippen molar-refractivity contribution in [3.05, 3.63) is 29.8 Å². The minimum atomic E-state index is -1.38. The van der Waals surface area contributed by atoms with Gasteiger partial charge in [0.1, 0.15) is 24.1 Å². The van der Waals surface area contributed by atoms with Gasteiger partial charge in [0.2, 0.25) is 29.6 Å². The number of hydrogen-bond donors (Lipinski definition) is 10. The van der Waals surface area contributed by atoms with Gasteiger partial charge in [-0.15, -0.1) is 0 Å². The second-order valence-electron chi connectivity index (χ2n) is 9.67. The summed E-state index contributed by atoms with van der Waals surface area (Å²) in [4.78, 5) is 65.8. The van der Waals surface area contributed by atoms with E-state index >= 15 is 0 Å². The molecule has 1 aromatic carbocycles. The number of nitrogens with one attached hydrogen (secondary N) is 5. The lowest BCUT2D eigenvalue weighted by atomic mass is 9.97. The first-order valence-electron chi connectivity index (χ1n) is 13.5. The van der Waals surface area contributed by atoms with Gasteiger partial charge in [0.05, 0.1) is 25.2 Å². The van der Waals surface area contributed by atoms with Crippen molar-refractivity contribution in [1.29, 1.82) is 0 Å². The van der Waals surface area contributed by atoms with Crippen LogP contribution in [-0.4, -0.2) is 90.0 Å². The largest absolute Gasteiger partial charge is 0.508 e. The molecule has 0 fully saturated rings. The van der Waals surface area contributed by atoms with E-state index in [1.807, 2.05) is 6.92 Å². The fourth-order valence-electron chi connectivity index (χ4n) is 3.67. The third-order valence-electron chi connectivity index (χ3n) is 6.37. The van der Waals surface area contributed by atoms with E-state index in [1.54, 1.807) is 19.1 Å². The van der Waals surface area contributed by atoms with Gasteiger partial charge in [-0.1, -0.05) is 32.4 Å². The number of hydrazine groups is 1. The molecule has 0 bridgehead atoms. The van der Waals surface area contributed by atoms with Crippen LogP contribution in [0.2, 0.25) is 0 Å². The van der Waals surface area contributed by atoms with Crippen LogP contribution in [0.4, 0.5) is 0 Å². The Morgan fingerprint density at radius 2 is 1.71 bits per heavy atom. The molecule has 234 valence electrons. The zero-order chi connectivity index (χ0) is 31.7. The summed E-state index contributed by atoms with van der Waals surface area (Å²) in [5, 5.41) is 28.8. The molecule has 0 spiro atoms. The number of nitrogens with zero attached hydrogens (tertiary/aromatic N) is 1. The number of aldehydes is 1. The zero-order valence-electron chi connectivity index (χ0n) is 23.8. The van der Waals surface area contributed by atoms with Crippen LogP contribution in [0.25, 0.3) is 0 Å². The monoisotopic (exact) mass is 593 g/mol. The van der Waals surface area contributed by atoms with Gasteiger partial charge in [-0.3, -0.25) is 29.6 Å². The van der Waals surface area contributed by atoms with Gasteiger partial charge in [-0.2, -0.15) is 0 Å². The quantitative estimate of drug-likeness (QED) is 0.0200. The predicted molar refractivity (Wildman–Crippen MR) is 154 cm³/mol. The van der Waals surface area contributed by atoms with Crippen molar-refractivity contribution in [2.45, 2.75) is 63.7 Å². The Morgan fingerprint density at radius 1 is 1.05 bits per heavy atom. The molecule has 0 aliphatic carbocycles. The molecule has 0 aliphatic rings. The van der Waals surface area contributed by atoms with Crippen molar-refractivity contribution in [3.8, 4) is 5.75 Å². The first-order valence-corrected chi connectivity index (χ1v) is 13.5. The Kier molecular flexibility index (Phi) is 16.1. The Bertz CT molecular complexity index is 1070. The number of amides is 4. The first kappa shape index (κ1) is 35.7. The molecule has 0 aliphatic heterocycles. The van der Waals surface area contributed by atoms with Crippen LogP contribution in [-0.2, 0) is 30.4 Å². The molecule has 4 amide bonds. The van der Waals surface area contributed by atoms with Crippen LogP contribution < -0.4 is 44.0 Å². The van der Waals surface area contributed by atoms with Crippen molar-refractivity contribution < 1.29 is 34.2 Å². The number of aliphatic hydroxyl groups is 1. The number of phenols is 1. The van der Waals surface area contributed by atoms with E-state index in [4.69, 9.17) is 17.3 Å². The number of rotatable bonds is 18. The summed E-state index contributed by atoms with van der Waals surface area (Å²) in [6.07, 6.45) is 1.84. The Morgan fingerprint density at radius 3 is 2.29 bits per heavy atom. The molecule has 13 N–H and O–H groups in total. The van der Waals surface area contributed by atoms with Gasteiger partial charge in [-0.05, 0) is 42.9 Å². The smallest absolute Gasteiger partial charge is 0.245 e. The number of guanidine groups is 1. The third kappa shape index (κ3) is 12.9. The van der Waals surface area contributed by atoms with Gasteiger partial charge < -0.3 is 47.7 Å². The molecule has 0 heterocycles. The summed E-state index contributed by atoms with van der Waals surface area (Å²) in [5.41, 5.74) is 14.3. The normalized spacial score (nSPS) is 14.8. The van der Waals surface area contributed by atoms with E-state index < -0.39 is 60.9 Å². The fourth-order valence-corrected chi connectivity index (χ4v) is 3.67. The van der Waals surface area contributed by atoms with E-state index in [0.29, 0.717) is 19.1 Å². The van der Waals surface area contributed by atoms with Crippen LogP contribution in [0.5, 0.6) is 5.75 Å². The minimum Gasteiger partial charge on any atom is -0.508 e. The average Bonchev–Trinajstić information content (AvgIpc) is 2.98. The highest BCUT2D eigenvalue weighted by Crippen LogP contribution is 2.12. The minimum absolute atomic E-state index is 0.0175. The molecule has 1 aromatic rings. The summed E-state index contributed by atoms with van der Waals surface area (Å²) in [6.45, 7) is 2.53. The predicted octanol–water partition coefficient (Wildman–Crippen LogP) is -3.37. The van der Waals surface area contributed by atoms with E-state index in [2.05, 4.69) is 31.7 Å². The van der Waals surface area contributed by atoms with Gasteiger partial charge in [0.15, 0.2) is 0 Å². The summed E-state index contributed by atoms with van der Waals surface area (Å²) < 4.78 is 0. The van der Waals surface area contributed by atoms with Crippen LogP contribution in [0, 0.1) is 5.92 Å². The number of phenolic OH excluding ortho intramolecular Hbond substituents is 1. The number of aliphatic hydroxyl groups excluding tert-OH is 1. The number of carbonyl (C=O) groups is 5. The number of hydrogen-bond acceptors (Lipinski definition) is 10. The summed E-state index contributed by atoms with van der Waals surface area (Å²) in [7, 11) is 0. The van der Waals surface area contributed by atoms with E-state index in [-0.39, 0.29) is 37.0 Å². The second kappa shape index (κ2) is 19.0. The number of carbonyl (C=O) groups excluding carboxylic acids is 5. The number of aromatic hydroxyl groups is 1. The maximum Gasteiger partial charge on any atom is 0.245 e. The van der Waals surface area contributed by atoms with Crippen molar-refractivity contribution in [3.63, 3.8) is 0 Å². The Balaban J connectivity index is 2.65. The Labute approximate surface area is 244 Å². The van der Waals surface area contributed by atoms with Crippen molar-refractivity contribution in [1.82, 2.24) is 26.7 Å². The third-order valence-corrected chi connectivity index (χ3v) is 6.37. The lowest BCUT2D eigenvalue weighted by Crippen LogP contribution is -2.57. The summed E-state index contributed by atoms with van der Waals surface area (Å²) in [6, 6.07) is 1.98. The number of benzene rings is 1. The molecular weight excluding hydrogens is 550 g/mol. The zero-order valence-corrected chi connectivity index (χ0v) is 23.8. The molecular formula is C26H43N9O7. The maximum atomic E-state index is 12.9. The lowest BCUT2D eigenvalue weighted by Gasteiger charge is -2.25. The van der Waals surface area contributed by atoms with Crippen molar-refractivity contribution in [2.24, 2.45) is 28.2 Å². The molecule has 5 atom stereocenters. The average molecular weight is 594 g/mol. The van der Waals surface area contributed by atoms with Crippen LogP contribution >= 0.6 is 0 Å². The van der Waals surface area contributed by atoms with Crippen molar-refractivity contribution in [2.75, 3.05) is 19.7 Å².